The van der Waals surface area contributed by atoms with Gasteiger partial charge in [-0.05, 0) is 48.4 Å². The van der Waals surface area contributed by atoms with Crippen LogP contribution in [0.1, 0.15) is 5.56 Å². The predicted octanol–water partition coefficient (Wildman–Crippen LogP) is 1.57. The zero-order valence-corrected chi connectivity index (χ0v) is 17.6. The van der Waals surface area contributed by atoms with Gasteiger partial charge in [-0.3, -0.25) is 14.6 Å². The van der Waals surface area contributed by atoms with Gasteiger partial charge in [0.25, 0.3) is 5.91 Å². The molecule has 0 saturated carbocycles. The molecule has 10 heteroatoms. The summed E-state index contributed by atoms with van der Waals surface area (Å²) in [6, 6.07) is 11.7. The number of nitrogens with zero attached hydrogens (tertiary/aromatic N) is 3. The van der Waals surface area contributed by atoms with Gasteiger partial charge in [0.1, 0.15) is 17.6 Å². The van der Waals surface area contributed by atoms with E-state index in [1.54, 1.807) is 18.1 Å². The number of nitrogens with two attached hydrogens (primary N) is 2. The third-order valence-corrected chi connectivity index (χ3v) is 4.48. The Bertz CT molecular complexity index is 1110. The Kier molecular flexibility index (Phi) is 8.30. The molecule has 9 nitrogen and oxygen atoms in total. The number of hydrogen-bond donors (Lipinski definition) is 3. The Labute approximate surface area is 184 Å². The van der Waals surface area contributed by atoms with Gasteiger partial charge >= 0.3 is 0 Å². The topological polar surface area (TPSA) is 147 Å². The van der Waals surface area contributed by atoms with Crippen LogP contribution < -0.4 is 26.5 Å². The quantitative estimate of drug-likeness (QED) is 0.583. The molecule has 2 amide bonds. The summed E-state index contributed by atoms with van der Waals surface area (Å²) < 4.78 is 19.0. The highest BCUT2D eigenvalue weighted by Gasteiger charge is 2.20. The predicted molar refractivity (Wildman–Crippen MR) is 119 cm³/mol. The number of carbonyl (C=O) groups excluding carboxylic acids is 2. The van der Waals surface area contributed by atoms with E-state index in [0.29, 0.717) is 23.6 Å². The van der Waals surface area contributed by atoms with Crippen molar-refractivity contribution in [3.05, 3.63) is 59.6 Å². The summed E-state index contributed by atoms with van der Waals surface area (Å²) in [7, 11) is 1.70. The normalized spacial score (nSPS) is 12.4. The largest absolute Gasteiger partial charge is 0.478 e. The maximum Gasteiger partial charge on any atom is 0.271 e. The molecule has 1 heterocycles. The number of anilines is 1. The van der Waals surface area contributed by atoms with Crippen LogP contribution in [0.15, 0.2) is 53.3 Å². The number of nitrogens with one attached hydrogen (secondary N) is 1. The van der Waals surface area contributed by atoms with Crippen molar-refractivity contribution in [3.8, 4) is 22.9 Å². The molecule has 2 aromatic rings. The maximum atomic E-state index is 13.6. The van der Waals surface area contributed by atoms with Crippen LogP contribution in [-0.2, 0) is 9.59 Å². The molecule has 0 unspecified atom stereocenters. The molecule has 166 valence electrons. The van der Waals surface area contributed by atoms with Gasteiger partial charge in [-0.25, -0.2) is 4.39 Å². The lowest BCUT2D eigenvalue weighted by atomic mass is 9.99. The molecule has 0 spiro atoms. The van der Waals surface area contributed by atoms with Crippen molar-refractivity contribution in [3.63, 3.8) is 0 Å². The average molecular weight is 438 g/mol. The molecular formula is C22H23FN6O3. The number of halogens is 1. The first-order valence-corrected chi connectivity index (χ1v) is 9.46. The summed E-state index contributed by atoms with van der Waals surface area (Å²) in [5, 5.41) is 17.7. The van der Waals surface area contributed by atoms with Gasteiger partial charge in [-0.2, -0.15) is 10.4 Å². The number of carbonyl (C=O) groups is 2. The number of aryl methyl sites for hydroxylation is 1. The van der Waals surface area contributed by atoms with E-state index in [-0.39, 0.29) is 18.7 Å². The SMILES string of the molecule is CNC1=CCN(c2ccc(-c3ccc(F)cc3OCC#N)c(C)c2)N=C1C(N)=O.NC=O. The molecule has 0 aromatic heterocycles. The first-order valence-electron chi connectivity index (χ1n) is 9.46. The van der Waals surface area contributed by atoms with Crippen LogP contribution in [0.3, 0.4) is 0 Å². The Morgan fingerprint density at radius 3 is 2.62 bits per heavy atom. The van der Waals surface area contributed by atoms with E-state index in [0.717, 1.165) is 16.8 Å². The van der Waals surface area contributed by atoms with E-state index >= 15 is 0 Å². The number of primary amides is 2. The van der Waals surface area contributed by atoms with E-state index in [1.165, 1.54) is 12.1 Å². The number of hydrazone groups is 1. The van der Waals surface area contributed by atoms with Crippen molar-refractivity contribution in [2.24, 2.45) is 16.6 Å². The third kappa shape index (κ3) is 5.60. The summed E-state index contributed by atoms with van der Waals surface area (Å²) in [6.45, 7) is 2.21. The van der Waals surface area contributed by atoms with Crippen molar-refractivity contribution in [2.75, 3.05) is 25.2 Å². The van der Waals surface area contributed by atoms with Crippen LogP contribution in [-0.4, -0.2) is 38.2 Å². The molecule has 0 saturated heterocycles. The van der Waals surface area contributed by atoms with Crippen molar-refractivity contribution in [1.29, 1.82) is 5.26 Å². The van der Waals surface area contributed by atoms with Gasteiger partial charge in [0.2, 0.25) is 6.41 Å². The van der Waals surface area contributed by atoms with E-state index in [1.807, 2.05) is 37.3 Å². The van der Waals surface area contributed by atoms with Crippen molar-refractivity contribution < 1.29 is 18.7 Å². The first kappa shape index (κ1) is 23.9. The van der Waals surface area contributed by atoms with Gasteiger partial charge in [0, 0.05) is 18.7 Å². The maximum absolute atomic E-state index is 13.6. The van der Waals surface area contributed by atoms with Crippen LogP contribution in [0.4, 0.5) is 10.1 Å². The number of benzene rings is 2. The highest BCUT2D eigenvalue weighted by Crippen LogP contribution is 2.35. The molecule has 5 N–H and O–H groups in total. The summed E-state index contributed by atoms with van der Waals surface area (Å²) in [5.74, 6) is -0.755. The fraction of sp³-hybridized carbons (Fsp3) is 0.182. The second kappa shape index (κ2) is 11.1. The Morgan fingerprint density at radius 2 is 2.03 bits per heavy atom. The Hall–Kier alpha value is -4.39. The lowest BCUT2D eigenvalue weighted by Crippen LogP contribution is -2.37. The van der Waals surface area contributed by atoms with Gasteiger partial charge in [-0.15, -0.1) is 0 Å². The molecular weight excluding hydrogens is 415 g/mol. The van der Waals surface area contributed by atoms with Gasteiger partial charge in [-0.1, -0.05) is 6.07 Å². The number of ether oxygens (including phenoxy) is 1. The standard InChI is InChI=1S/C21H20FN5O2.CH3NO/c1-13-11-15(27-9-7-18(25-2)20(26-27)21(24)28)4-6-16(13)17-5-3-14(22)12-19(17)29-10-8-23;2-1-3/h3-7,11-12,25H,9-10H2,1-2H3,(H2,24,28);1H,(H2,2,3). The number of amides is 2. The highest BCUT2D eigenvalue weighted by atomic mass is 19.1. The molecule has 1 aliphatic heterocycles. The smallest absolute Gasteiger partial charge is 0.271 e. The second-order valence-corrected chi connectivity index (χ2v) is 6.49. The highest BCUT2D eigenvalue weighted by molar-refractivity contribution is 6.45. The minimum Gasteiger partial charge on any atom is -0.478 e. The lowest BCUT2D eigenvalue weighted by Gasteiger charge is -2.25. The van der Waals surface area contributed by atoms with Crippen LogP contribution in [0.2, 0.25) is 0 Å². The number of nitriles is 1. The fourth-order valence-corrected chi connectivity index (χ4v) is 3.11. The Morgan fingerprint density at radius 1 is 1.34 bits per heavy atom. The Balaban J connectivity index is 0.00000114. The minimum absolute atomic E-state index is 0.159. The van der Waals surface area contributed by atoms with E-state index < -0.39 is 11.7 Å². The molecule has 1 aliphatic rings. The monoisotopic (exact) mass is 438 g/mol. The van der Waals surface area contributed by atoms with E-state index in [2.05, 4.69) is 16.2 Å². The molecule has 0 atom stereocenters. The molecule has 0 radical (unpaired) electrons. The third-order valence-electron chi connectivity index (χ3n) is 4.48. The van der Waals surface area contributed by atoms with Crippen molar-refractivity contribution in [1.82, 2.24) is 5.32 Å². The lowest BCUT2D eigenvalue weighted by molar-refractivity contribution is -0.112. The fourth-order valence-electron chi connectivity index (χ4n) is 3.11. The average Bonchev–Trinajstić information content (AvgIpc) is 2.78. The summed E-state index contributed by atoms with van der Waals surface area (Å²) in [4.78, 5) is 20.3. The van der Waals surface area contributed by atoms with E-state index in [4.69, 9.17) is 20.5 Å². The first-order chi connectivity index (χ1) is 15.4. The summed E-state index contributed by atoms with van der Waals surface area (Å²) in [6.07, 6.45) is 2.09. The van der Waals surface area contributed by atoms with Crippen LogP contribution in [0.25, 0.3) is 11.1 Å². The van der Waals surface area contributed by atoms with Crippen LogP contribution in [0.5, 0.6) is 5.75 Å². The zero-order chi connectivity index (χ0) is 23.7. The number of hydrogen-bond acceptors (Lipinski definition) is 7. The van der Waals surface area contributed by atoms with Gasteiger partial charge < -0.3 is 21.5 Å². The number of rotatable bonds is 6. The van der Waals surface area contributed by atoms with Crippen LogP contribution in [0, 0.1) is 24.1 Å². The molecule has 0 aliphatic carbocycles. The van der Waals surface area contributed by atoms with Crippen molar-refractivity contribution >= 4 is 23.7 Å². The minimum atomic E-state index is -0.616. The molecule has 0 bridgehead atoms. The summed E-state index contributed by atoms with van der Waals surface area (Å²) >= 11 is 0. The van der Waals surface area contributed by atoms with Crippen LogP contribution >= 0.6 is 0 Å². The molecule has 0 fully saturated rings. The molecule has 32 heavy (non-hydrogen) atoms. The second-order valence-electron chi connectivity index (χ2n) is 6.49. The zero-order valence-electron chi connectivity index (χ0n) is 17.6. The molecule has 3 rings (SSSR count). The van der Waals surface area contributed by atoms with Gasteiger partial charge in [0.05, 0.1) is 17.9 Å². The van der Waals surface area contributed by atoms with E-state index in [9.17, 15) is 9.18 Å². The van der Waals surface area contributed by atoms with Gasteiger partial charge in [0.15, 0.2) is 12.3 Å². The summed E-state index contributed by atoms with van der Waals surface area (Å²) in [5.41, 5.74) is 13.5. The molecule has 2 aromatic carbocycles. The van der Waals surface area contributed by atoms with Crippen molar-refractivity contribution in [2.45, 2.75) is 6.92 Å².